The van der Waals surface area contributed by atoms with Crippen LogP contribution in [0.1, 0.15) is 44.1 Å². The second-order valence-electron chi connectivity index (χ2n) is 4.47. The lowest BCUT2D eigenvalue weighted by atomic mass is 10.1. The second-order valence-corrected chi connectivity index (χ2v) is 4.47. The monoisotopic (exact) mass is 209 g/mol. The van der Waals surface area contributed by atoms with Crippen LogP contribution in [0.4, 0.5) is 0 Å². The van der Waals surface area contributed by atoms with Gasteiger partial charge in [-0.2, -0.15) is 5.10 Å². The van der Waals surface area contributed by atoms with Gasteiger partial charge in [0, 0.05) is 6.04 Å². The number of aromatic nitrogens is 2. The molecule has 1 saturated heterocycles. The number of hydrogen-bond acceptors (Lipinski definition) is 3. The summed E-state index contributed by atoms with van der Waals surface area (Å²) < 4.78 is 0. The molecule has 2 heterocycles. The molecule has 1 aromatic heterocycles. The van der Waals surface area contributed by atoms with Crippen LogP contribution in [0, 0.1) is 0 Å². The summed E-state index contributed by atoms with van der Waals surface area (Å²) in [5.41, 5.74) is 1.88. The molecule has 0 radical (unpaired) electrons. The van der Waals surface area contributed by atoms with Gasteiger partial charge in [-0.15, -0.1) is 0 Å². The van der Waals surface area contributed by atoms with Crippen molar-refractivity contribution in [1.82, 2.24) is 15.1 Å². The first kappa shape index (κ1) is 10.6. The first-order chi connectivity index (χ1) is 7.22. The lowest BCUT2D eigenvalue weighted by molar-refractivity contribution is 0.202. The molecule has 0 amide bonds. The third-order valence-corrected chi connectivity index (χ3v) is 3.12. The lowest BCUT2D eigenvalue weighted by Gasteiger charge is -2.26. The van der Waals surface area contributed by atoms with E-state index < -0.39 is 0 Å². The van der Waals surface area contributed by atoms with Crippen LogP contribution in [0.5, 0.6) is 0 Å². The van der Waals surface area contributed by atoms with Crippen molar-refractivity contribution < 1.29 is 5.11 Å². The molecular weight excluding hydrogens is 190 g/mol. The van der Waals surface area contributed by atoms with Gasteiger partial charge in [-0.3, -0.25) is 10.00 Å². The number of likely N-dealkylation sites (tertiary alicyclic amines) is 1. The first-order valence-electron chi connectivity index (χ1n) is 5.63. The topological polar surface area (TPSA) is 52.1 Å². The van der Waals surface area contributed by atoms with Crippen LogP contribution in [-0.2, 0) is 6.61 Å². The Morgan fingerprint density at radius 3 is 3.07 bits per heavy atom. The van der Waals surface area contributed by atoms with Crippen molar-refractivity contribution in [2.45, 2.75) is 45.4 Å². The average Bonchev–Trinajstić information content (AvgIpc) is 2.85. The molecule has 84 valence electrons. The van der Waals surface area contributed by atoms with Gasteiger partial charge in [0.15, 0.2) is 0 Å². The number of hydrogen-bond donors (Lipinski definition) is 2. The number of nitrogens with one attached hydrogen (secondary N) is 1. The fourth-order valence-electron chi connectivity index (χ4n) is 2.36. The van der Waals surface area contributed by atoms with Crippen molar-refractivity contribution in [3.05, 3.63) is 17.5 Å². The second kappa shape index (κ2) is 4.33. The van der Waals surface area contributed by atoms with E-state index in [1.165, 1.54) is 12.8 Å². The highest BCUT2D eigenvalue weighted by Crippen LogP contribution is 2.32. The molecule has 0 spiro atoms. The molecular formula is C11H19N3O. The zero-order valence-corrected chi connectivity index (χ0v) is 9.40. The van der Waals surface area contributed by atoms with E-state index in [1.54, 1.807) is 0 Å². The predicted octanol–water partition coefficient (Wildman–Crippen LogP) is 1.45. The quantitative estimate of drug-likeness (QED) is 0.792. The van der Waals surface area contributed by atoms with E-state index >= 15 is 0 Å². The summed E-state index contributed by atoms with van der Waals surface area (Å²) in [4.78, 5) is 2.47. The molecule has 0 unspecified atom stereocenters. The van der Waals surface area contributed by atoms with Gasteiger partial charge in [0.25, 0.3) is 0 Å². The molecule has 0 saturated carbocycles. The normalized spacial score (nSPS) is 22.8. The third kappa shape index (κ3) is 2.06. The number of aliphatic hydroxyl groups is 1. The van der Waals surface area contributed by atoms with Gasteiger partial charge in [-0.1, -0.05) is 0 Å². The fourth-order valence-corrected chi connectivity index (χ4v) is 2.36. The number of nitrogens with zero attached hydrogens (tertiary/aromatic N) is 2. The van der Waals surface area contributed by atoms with Crippen LogP contribution in [0.25, 0.3) is 0 Å². The molecule has 1 fully saturated rings. The Balaban J connectivity index is 2.15. The van der Waals surface area contributed by atoms with Crippen LogP contribution in [0.3, 0.4) is 0 Å². The van der Waals surface area contributed by atoms with Crippen molar-refractivity contribution in [3.63, 3.8) is 0 Å². The Morgan fingerprint density at radius 2 is 2.47 bits per heavy atom. The van der Waals surface area contributed by atoms with Gasteiger partial charge in [-0.25, -0.2) is 0 Å². The summed E-state index contributed by atoms with van der Waals surface area (Å²) in [6.07, 6.45) is 2.41. The molecule has 2 N–H and O–H groups in total. The molecule has 0 aliphatic carbocycles. The smallest absolute Gasteiger partial charge is 0.0847 e. The van der Waals surface area contributed by atoms with Gasteiger partial charge in [0.1, 0.15) is 0 Å². The highest BCUT2D eigenvalue weighted by atomic mass is 16.3. The first-order valence-corrected chi connectivity index (χ1v) is 5.63. The molecule has 4 nitrogen and oxygen atoms in total. The van der Waals surface area contributed by atoms with Crippen LogP contribution < -0.4 is 0 Å². The number of H-pyrrole nitrogens is 1. The Hall–Kier alpha value is -0.870. The van der Waals surface area contributed by atoms with Crippen molar-refractivity contribution in [2.75, 3.05) is 6.54 Å². The largest absolute Gasteiger partial charge is 0.390 e. The van der Waals surface area contributed by atoms with Crippen molar-refractivity contribution in [3.8, 4) is 0 Å². The zero-order valence-electron chi connectivity index (χ0n) is 9.40. The molecule has 1 atom stereocenters. The van der Waals surface area contributed by atoms with E-state index in [0.717, 1.165) is 17.9 Å². The standard InChI is InChI=1S/C11H19N3O/c1-8(2)14-5-3-4-11(14)10-6-9(7-15)12-13-10/h6,8,11,15H,3-5,7H2,1-2H3,(H,12,13)/t11-/m0/s1. The number of aromatic amines is 1. The minimum Gasteiger partial charge on any atom is -0.390 e. The SMILES string of the molecule is CC(C)N1CCC[C@H]1c1cc(CO)[nH]n1. The van der Waals surface area contributed by atoms with E-state index in [-0.39, 0.29) is 6.61 Å². The van der Waals surface area contributed by atoms with Crippen molar-refractivity contribution in [1.29, 1.82) is 0 Å². The Morgan fingerprint density at radius 1 is 1.67 bits per heavy atom. The maximum Gasteiger partial charge on any atom is 0.0847 e. The summed E-state index contributed by atoms with van der Waals surface area (Å²) in [7, 11) is 0. The van der Waals surface area contributed by atoms with E-state index in [2.05, 4.69) is 28.9 Å². The molecule has 15 heavy (non-hydrogen) atoms. The Labute approximate surface area is 90.3 Å². The van der Waals surface area contributed by atoms with Gasteiger partial charge < -0.3 is 5.11 Å². The molecule has 1 aromatic rings. The molecule has 0 aromatic carbocycles. The van der Waals surface area contributed by atoms with E-state index in [4.69, 9.17) is 5.11 Å². The zero-order chi connectivity index (χ0) is 10.8. The minimum atomic E-state index is 0.0431. The third-order valence-electron chi connectivity index (χ3n) is 3.12. The average molecular weight is 209 g/mol. The maximum absolute atomic E-state index is 8.98. The number of rotatable bonds is 3. The van der Waals surface area contributed by atoms with Gasteiger partial charge in [-0.05, 0) is 39.3 Å². The number of aliphatic hydroxyl groups excluding tert-OH is 1. The van der Waals surface area contributed by atoms with Crippen LogP contribution in [0.15, 0.2) is 6.07 Å². The van der Waals surface area contributed by atoms with Crippen LogP contribution in [0.2, 0.25) is 0 Å². The molecule has 1 aliphatic heterocycles. The summed E-state index contributed by atoms with van der Waals surface area (Å²) >= 11 is 0. The highest BCUT2D eigenvalue weighted by Gasteiger charge is 2.29. The van der Waals surface area contributed by atoms with Crippen LogP contribution >= 0.6 is 0 Å². The highest BCUT2D eigenvalue weighted by molar-refractivity contribution is 5.13. The molecule has 0 bridgehead atoms. The molecule has 1 aliphatic rings. The van der Waals surface area contributed by atoms with Crippen molar-refractivity contribution >= 4 is 0 Å². The van der Waals surface area contributed by atoms with E-state index in [9.17, 15) is 0 Å². The maximum atomic E-state index is 8.98. The van der Waals surface area contributed by atoms with E-state index in [0.29, 0.717) is 12.1 Å². The Kier molecular flexibility index (Phi) is 3.07. The Bertz CT molecular complexity index is 321. The van der Waals surface area contributed by atoms with E-state index in [1.807, 2.05) is 6.07 Å². The minimum absolute atomic E-state index is 0.0431. The van der Waals surface area contributed by atoms with Crippen LogP contribution in [-0.4, -0.2) is 32.8 Å². The van der Waals surface area contributed by atoms with Gasteiger partial charge >= 0.3 is 0 Å². The van der Waals surface area contributed by atoms with Gasteiger partial charge in [0.05, 0.1) is 24.0 Å². The predicted molar refractivity (Wildman–Crippen MR) is 58.3 cm³/mol. The van der Waals surface area contributed by atoms with Crippen molar-refractivity contribution in [2.24, 2.45) is 0 Å². The summed E-state index contributed by atoms with van der Waals surface area (Å²) in [6.45, 7) is 5.64. The summed E-state index contributed by atoms with van der Waals surface area (Å²) in [6, 6.07) is 2.97. The molecule has 4 heteroatoms. The fraction of sp³-hybridized carbons (Fsp3) is 0.727. The molecule has 2 rings (SSSR count). The summed E-state index contributed by atoms with van der Waals surface area (Å²) in [5.74, 6) is 0. The van der Waals surface area contributed by atoms with Gasteiger partial charge in [0.2, 0.25) is 0 Å². The summed E-state index contributed by atoms with van der Waals surface area (Å²) in [5, 5.41) is 16.1. The lowest BCUT2D eigenvalue weighted by Crippen LogP contribution is -2.30.